The van der Waals surface area contributed by atoms with Crippen LogP contribution in [0.5, 0.6) is 5.75 Å². The van der Waals surface area contributed by atoms with Crippen molar-refractivity contribution >= 4 is 0 Å². The predicted octanol–water partition coefficient (Wildman–Crippen LogP) is 2.82. The fraction of sp³-hybridized carbons (Fsp3) is 0.684. The molecule has 0 unspecified atom stereocenters. The lowest BCUT2D eigenvalue weighted by Crippen LogP contribution is -2.59. The van der Waals surface area contributed by atoms with Gasteiger partial charge in [0.25, 0.3) is 0 Å². The number of nitrogens with zero attached hydrogens (tertiary/aromatic N) is 1. The van der Waals surface area contributed by atoms with E-state index < -0.39 is 0 Å². The first kappa shape index (κ1) is 16.7. The summed E-state index contributed by atoms with van der Waals surface area (Å²) in [5.74, 6) is 0.971. The van der Waals surface area contributed by atoms with Crippen LogP contribution in [-0.4, -0.2) is 50.4 Å². The standard InChI is InChI=1S/C19H30N2O2/c1-22-18-8-4-3-7-17(18)15-20-16-19(9-13-23-14-10-19)21-11-5-2-6-12-21/h3-4,7-8,20H,2,5-6,9-16H2,1H3. The molecule has 4 nitrogen and oxygen atoms in total. The Kier molecular flexibility index (Phi) is 5.92. The van der Waals surface area contributed by atoms with Crippen molar-refractivity contribution in [3.63, 3.8) is 0 Å². The molecular formula is C19H30N2O2. The summed E-state index contributed by atoms with van der Waals surface area (Å²) in [7, 11) is 1.74. The van der Waals surface area contributed by atoms with Crippen LogP contribution < -0.4 is 10.1 Å². The average molecular weight is 318 g/mol. The molecule has 3 rings (SSSR count). The van der Waals surface area contributed by atoms with Gasteiger partial charge in [0, 0.05) is 37.4 Å². The van der Waals surface area contributed by atoms with Crippen LogP contribution in [0, 0.1) is 0 Å². The summed E-state index contributed by atoms with van der Waals surface area (Å²) < 4.78 is 11.1. The lowest BCUT2D eigenvalue weighted by Gasteiger charge is -2.48. The highest BCUT2D eigenvalue weighted by Gasteiger charge is 2.38. The van der Waals surface area contributed by atoms with Crippen molar-refractivity contribution in [1.29, 1.82) is 0 Å². The molecule has 0 aromatic heterocycles. The summed E-state index contributed by atoms with van der Waals surface area (Å²) in [5.41, 5.74) is 1.51. The smallest absolute Gasteiger partial charge is 0.123 e. The van der Waals surface area contributed by atoms with Gasteiger partial charge < -0.3 is 14.8 Å². The molecule has 0 atom stereocenters. The molecule has 23 heavy (non-hydrogen) atoms. The van der Waals surface area contributed by atoms with Gasteiger partial charge in [0.05, 0.1) is 7.11 Å². The van der Waals surface area contributed by atoms with E-state index in [1.54, 1.807) is 7.11 Å². The molecule has 128 valence electrons. The van der Waals surface area contributed by atoms with E-state index in [1.807, 2.05) is 12.1 Å². The van der Waals surface area contributed by atoms with E-state index in [1.165, 1.54) is 37.9 Å². The maximum Gasteiger partial charge on any atom is 0.123 e. The van der Waals surface area contributed by atoms with Crippen molar-refractivity contribution in [2.45, 2.75) is 44.2 Å². The normalized spacial score (nSPS) is 22.0. The van der Waals surface area contributed by atoms with Gasteiger partial charge in [0.2, 0.25) is 0 Å². The molecule has 0 radical (unpaired) electrons. The van der Waals surface area contributed by atoms with E-state index in [4.69, 9.17) is 9.47 Å². The number of hydrogen-bond donors (Lipinski definition) is 1. The molecule has 0 bridgehead atoms. The number of methoxy groups -OCH3 is 1. The zero-order valence-electron chi connectivity index (χ0n) is 14.4. The number of likely N-dealkylation sites (tertiary alicyclic amines) is 1. The van der Waals surface area contributed by atoms with Gasteiger partial charge in [-0.25, -0.2) is 0 Å². The molecule has 1 N–H and O–H groups in total. The Hall–Kier alpha value is -1.10. The Morgan fingerprint density at radius 1 is 1.13 bits per heavy atom. The molecule has 2 fully saturated rings. The second kappa shape index (κ2) is 8.13. The summed E-state index contributed by atoms with van der Waals surface area (Å²) in [6.07, 6.45) is 6.36. The molecular weight excluding hydrogens is 288 g/mol. The average Bonchev–Trinajstić information content (AvgIpc) is 2.64. The maximum absolute atomic E-state index is 5.64. The van der Waals surface area contributed by atoms with Gasteiger partial charge in [0.1, 0.15) is 5.75 Å². The van der Waals surface area contributed by atoms with Gasteiger partial charge in [-0.2, -0.15) is 0 Å². The molecule has 2 aliphatic heterocycles. The number of piperidine rings is 1. The van der Waals surface area contributed by atoms with Crippen LogP contribution in [0.1, 0.15) is 37.7 Å². The number of para-hydroxylation sites is 1. The Morgan fingerprint density at radius 2 is 1.87 bits per heavy atom. The zero-order chi connectivity index (χ0) is 16.0. The van der Waals surface area contributed by atoms with Gasteiger partial charge in [-0.15, -0.1) is 0 Å². The number of ether oxygens (including phenoxy) is 2. The lowest BCUT2D eigenvalue weighted by molar-refractivity contribution is -0.0358. The number of rotatable bonds is 6. The van der Waals surface area contributed by atoms with E-state index in [0.717, 1.165) is 44.9 Å². The topological polar surface area (TPSA) is 33.7 Å². The first-order valence-corrected chi connectivity index (χ1v) is 8.99. The molecule has 2 heterocycles. The van der Waals surface area contributed by atoms with E-state index in [2.05, 4.69) is 22.3 Å². The van der Waals surface area contributed by atoms with Gasteiger partial charge in [-0.1, -0.05) is 24.6 Å². The highest BCUT2D eigenvalue weighted by molar-refractivity contribution is 5.33. The molecule has 4 heteroatoms. The van der Waals surface area contributed by atoms with Crippen molar-refractivity contribution in [3.8, 4) is 5.75 Å². The fourth-order valence-corrected chi connectivity index (χ4v) is 4.00. The third-order valence-corrected chi connectivity index (χ3v) is 5.41. The lowest BCUT2D eigenvalue weighted by atomic mass is 9.86. The largest absolute Gasteiger partial charge is 0.496 e. The van der Waals surface area contributed by atoms with Gasteiger partial charge in [-0.05, 0) is 44.8 Å². The van der Waals surface area contributed by atoms with Crippen molar-refractivity contribution in [2.24, 2.45) is 0 Å². The predicted molar refractivity (Wildman–Crippen MR) is 92.9 cm³/mol. The molecule has 0 aliphatic carbocycles. The summed E-state index contributed by atoms with van der Waals surface area (Å²) >= 11 is 0. The van der Waals surface area contributed by atoms with Crippen molar-refractivity contribution in [1.82, 2.24) is 10.2 Å². The molecule has 0 spiro atoms. The number of benzene rings is 1. The third-order valence-electron chi connectivity index (χ3n) is 5.41. The van der Waals surface area contributed by atoms with E-state index in [0.29, 0.717) is 0 Å². The molecule has 2 aliphatic rings. The van der Waals surface area contributed by atoms with Crippen LogP contribution in [0.25, 0.3) is 0 Å². The molecule has 2 saturated heterocycles. The second-order valence-electron chi connectivity index (χ2n) is 6.80. The van der Waals surface area contributed by atoms with Crippen molar-refractivity contribution in [3.05, 3.63) is 29.8 Å². The van der Waals surface area contributed by atoms with Crippen molar-refractivity contribution < 1.29 is 9.47 Å². The first-order chi connectivity index (χ1) is 11.3. The zero-order valence-corrected chi connectivity index (χ0v) is 14.4. The molecule has 1 aromatic carbocycles. The quantitative estimate of drug-likeness (QED) is 0.874. The van der Waals surface area contributed by atoms with Gasteiger partial charge >= 0.3 is 0 Å². The minimum atomic E-state index is 0.278. The van der Waals surface area contributed by atoms with Crippen LogP contribution in [0.2, 0.25) is 0 Å². The minimum absolute atomic E-state index is 0.278. The van der Waals surface area contributed by atoms with Gasteiger partial charge in [0.15, 0.2) is 0 Å². The van der Waals surface area contributed by atoms with E-state index >= 15 is 0 Å². The summed E-state index contributed by atoms with van der Waals surface area (Å²) in [5, 5.41) is 3.71. The maximum atomic E-state index is 5.64. The molecule has 0 amide bonds. The van der Waals surface area contributed by atoms with E-state index in [9.17, 15) is 0 Å². The van der Waals surface area contributed by atoms with Gasteiger partial charge in [-0.3, -0.25) is 4.90 Å². The second-order valence-corrected chi connectivity index (χ2v) is 6.80. The summed E-state index contributed by atoms with van der Waals surface area (Å²) in [4.78, 5) is 2.73. The highest BCUT2D eigenvalue weighted by atomic mass is 16.5. The minimum Gasteiger partial charge on any atom is -0.496 e. The Bertz CT molecular complexity index is 480. The Morgan fingerprint density at radius 3 is 2.61 bits per heavy atom. The third kappa shape index (κ3) is 4.06. The highest BCUT2D eigenvalue weighted by Crippen LogP contribution is 2.30. The van der Waals surface area contributed by atoms with E-state index in [-0.39, 0.29) is 5.54 Å². The Labute approximate surface area is 140 Å². The Balaban J connectivity index is 1.62. The SMILES string of the molecule is COc1ccccc1CNCC1(N2CCCCC2)CCOCC1. The van der Waals surface area contributed by atoms with Crippen LogP contribution in [-0.2, 0) is 11.3 Å². The van der Waals surface area contributed by atoms with Crippen LogP contribution >= 0.6 is 0 Å². The first-order valence-electron chi connectivity index (χ1n) is 8.99. The van der Waals surface area contributed by atoms with Crippen LogP contribution in [0.15, 0.2) is 24.3 Å². The van der Waals surface area contributed by atoms with Crippen molar-refractivity contribution in [2.75, 3.05) is 40.0 Å². The summed E-state index contributed by atoms with van der Waals surface area (Å²) in [6, 6.07) is 8.28. The number of hydrogen-bond acceptors (Lipinski definition) is 4. The fourth-order valence-electron chi connectivity index (χ4n) is 4.00. The number of nitrogens with one attached hydrogen (secondary N) is 1. The summed E-state index contributed by atoms with van der Waals surface area (Å²) in [6.45, 7) is 6.18. The molecule has 1 aromatic rings. The van der Waals surface area contributed by atoms with Crippen LogP contribution in [0.3, 0.4) is 0 Å². The molecule has 0 saturated carbocycles. The monoisotopic (exact) mass is 318 g/mol. The van der Waals surface area contributed by atoms with Crippen LogP contribution in [0.4, 0.5) is 0 Å².